The van der Waals surface area contributed by atoms with Crippen molar-refractivity contribution in [1.82, 2.24) is 14.5 Å². The third-order valence-corrected chi connectivity index (χ3v) is 8.31. The number of halogens is 5. The number of oxime groups is 1. The molecule has 1 unspecified atom stereocenters. The number of carbonyl (C=O) groups excluding carboxylic acids is 1. The minimum atomic E-state index is -4.73. The molecule has 0 saturated carbocycles. The molecule has 1 aromatic carbocycles. The van der Waals surface area contributed by atoms with E-state index in [1.54, 1.807) is 18.2 Å². The second-order valence-electron chi connectivity index (χ2n) is 9.03. The average molecular weight is 585 g/mol. The molecule has 5 rings (SSSR count). The van der Waals surface area contributed by atoms with Crippen molar-refractivity contribution in [3.63, 3.8) is 0 Å². The summed E-state index contributed by atoms with van der Waals surface area (Å²) < 4.78 is 40.4. The van der Waals surface area contributed by atoms with Crippen LogP contribution in [0.3, 0.4) is 0 Å². The fourth-order valence-corrected chi connectivity index (χ4v) is 6.29. The van der Waals surface area contributed by atoms with Gasteiger partial charge in [0, 0.05) is 52.5 Å². The number of nitrogens with zero attached hydrogens (tertiary/aromatic N) is 4. The van der Waals surface area contributed by atoms with E-state index in [0.717, 1.165) is 23.2 Å². The second-order valence-corrected chi connectivity index (χ2v) is 10.7. The summed E-state index contributed by atoms with van der Waals surface area (Å²) in [5, 5.41) is 8.01. The predicted molar refractivity (Wildman–Crippen MR) is 138 cm³/mol. The van der Waals surface area contributed by atoms with Gasteiger partial charge in [0.25, 0.3) is 5.56 Å². The number of amides is 1. The number of thiazole rings is 1. The Hall–Kier alpha value is -2.89. The molecule has 4 heterocycles. The van der Waals surface area contributed by atoms with Crippen LogP contribution in [-0.2, 0) is 22.4 Å². The van der Waals surface area contributed by atoms with Crippen LogP contribution in [0, 0.1) is 0 Å². The van der Waals surface area contributed by atoms with Crippen LogP contribution in [0.5, 0.6) is 0 Å². The van der Waals surface area contributed by atoms with E-state index in [1.165, 1.54) is 16.2 Å². The Balaban J connectivity index is 1.20. The molecule has 0 spiro atoms. The van der Waals surface area contributed by atoms with E-state index in [2.05, 4.69) is 5.16 Å². The first-order valence-electron chi connectivity index (χ1n) is 11.8. The summed E-state index contributed by atoms with van der Waals surface area (Å²) in [5.41, 5.74) is 0.0759. The van der Waals surface area contributed by atoms with Gasteiger partial charge in [0.2, 0.25) is 5.91 Å². The molecule has 1 amide bonds. The topological polar surface area (TPSA) is 76.8 Å². The van der Waals surface area contributed by atoms with Crippen LogP contribution in [0.2, 0.25) is 10.0 Å². The Morgan fingerprint density at radius 1 is 1.11 bits per heavy atom. The fourth-order valence-electron chi connectivity index (χ4n) is 4.65. The average Bonchev–Trinajstić information content (AvgIpc) is 3.55. The number of piperidine rings is 1. The maximum absolute atomic E-state index is 13.3. The second kappa shape index (κ2) is 10.7. The lowest BCUT2D eigenvalue weighted by Gasteiger charge is -2.31. The van der Waals surface area contributed by atoms with Crippen LogP contribution in [0.1, 0.15) is 53.2 Å². The van der Waals surface area contributed by atoms with Gasteiger partial charge in [0.15, 0.2) is 6.10 Å². The van der Waals surface area contributed by atoms with Gasteiger partial charge in [0.05, 0.1) is 10.7 Å². The molecule has 200 valence electrons. The molecule has 1 atom stereocenters. The van der Waals surface area contributed by atoms with Crippen LogP contribution < -0.4 is 5.56 Å². The molecule has 0 bridgehead atoms. The van der Waals surface area contributed by atoms with E-state index < -0.39 is 36.0 Å². The molecule has 0 radical (unpaired) electrons. The SMILES string of the molecule is O=C(Cn1c(C(F)(F)F)cccc1=O)N1CCC(c2nc(C3=NOC(c4c(Cl)cccc4Cl)C3)cs2)CC1. The number of benzene rings is 1. The van der Waals surface area contributed by atoms with Gasteiger partial charge in [-0.2, -0.15) is 13.2 Å². The molecule has 3 aromatic rings. The first-order chi connectivity index (χ1) is 18.1. The largest absolute Gasteiger partial charge is 0.431 e. The number of aromatic nitrogens is 2. The molecular formula is C25H21Cl2F3N4O3S. The molecule has 2 aliphatic heterocycles. The molecule has 2 aromatic heterocycles. The highest BCUT2D eigenvalue weighted by atomic mass is 35.5. The van der Waals surface area contributed by atoms with Crippen molar-refractivity contribution in [1.29, 1.82) is 0 Å². The third-order valence-electron chi connectivity index (χ3n) is 6.64. The molecule has 0 N–H and O–H groups in total. The number of likely N-dealkylation sites (tertiary alicyclic amines) is 1. The minimum absolute atomic E-state index is 0.0970. The molecule has 1 saturated heterocycles. The number of hydrogen-bond donors (Lipinski definition) is 0. The van der Waals surface area contributed by atoms with Crippen LogP contribution in [0.15, 0.2) is 51.7 Å². The van der Waals surface area contributed by atoms with Gasteiger partial charge in [0.1, 0.15) is 18.0 Å². The van der Waals surface area contributed by atoms with E-state index in [0.29, 0.717) is 63.9 Å². The van der Waals surface area contributed by atoms with E-state index in [-0.39, 0.29) is 5.92 Å². The highest BCUT2D eigenvalue weighted by molar-refractivity contribution is 7.10. The number of rotatable bonds is 5. The molecule has 7 nitrogen and oxygen atoms in total. The minimum Gasteiger partial charge on any atom is -0.387 e. The van der Waals surface area contributed by atoms with Gasteiger partial charge in [-0.15, -0.1) is 11.3 Å². The maximum atomic E-state index is 13.3. The highest BCUT2D eigenvalue weighted by Gasteiger charge is 2.35. The number of pyridine rings is 1. The van der Waals surface area contributed by atoms with Crippen molar-refractivity contribution in [3.8, 4) is 0 Å². The van der Waals surface area contributed by atoms with E-state index in [1.807, 2.05) is 5.38 Å². The Bertz CT molecular complexity index is 1430. The van der Waals surface area contributed by atoms with Gasteiger partial charge in [-0.1, -0.05) is 40.5 Å². The van der Waals surface area contributed by atoms with Gasteiger partial charge in [-0.25, -0.2) is 4.98 Å². The maximum Gasteiger partial charge on any atom is 0.431 e. The first kappa shape index (κ1) is 26.7. The van der Waals surface area contributed by atoms with Crippen molar-refractivity contribution in [3.05, 3.63) is 84.1 Å². The lowest BCUT2D eigenvalue weighted by atomic mass is 9.97. The summed E-state index contributed by atoms with van der Waals surface area (Å²) >= 11 is 14.1. The quantitative estimate of drug-likeness (QED) is 0.374. The van der Waals surface area contributed by atoms with E-state index >= 15 is 0 Å². The van der Waals surface area contributed by atoms with Crippen molar-refractivity contribution < 1.29 is 22.8 Å². The number of carbonyl (C=O) groups is 1. The normalized spacial score (nSPS) is 18.4. The Morgan fingerprint density at radius 2 is 1.79 bits per heavy atom. The van der Waals surface area contributed by atoms with Crippen LogP contribution >= 0.6 is 34.5 Å². The smallest absolute Gasteiger partial charge is 0.387 e. The molecule has 1 fully saturated rings. The van der Waals surface area contributed by atoms with Crippen LogP contribution in [-0.4, -0.2) is 39.2 Å². The zero-order chi connectivity index (χ0) is 27.0. The lowest BCUT2D eigenvalue weighted by Crippen LogP contribution is -2.42. The van der Waals surface area contributed by atoms with Crippen molar-refractivity contribution in [2.75, 3.05) is 13.1 Å². The molecule has 38 heavy (non-hydrogen) atoms. The monoisotopic (exact) mass is 584 g/mol. The van der Waals surface area contributed by atoms with Crippen molar-refractivity contribution in [2.45, 2.75) is 44.0 Å². The van der Waals surface area contributed by atoms with Crippen LogP contribution in [0.4, 0.5) is 13.2 Å². The molecule has 2 aliphatic rings. The highest BCUT2D eigenvalue weighted by Crippen LogP contribution is 2.39. The molecular weight excluding hydrogens is 564 g/mol. The molecule has 13 heteroatoms. The van der Waals surface area contributed by atoms with E-state index in [4.69, 9.17) is 33.0 Å². The zero-order valence-electron chi connectivity index (χ0n) is 19.8. The first-order valence-corrected chi connectivity index (χ1v) is 13.4. The van der Waals surface area contributed by atoms with Gasteiger partial charge >= 0.3 is 6.18 Å². The van der Waals surface area contributed by atoms with Gasteiger partial charge in [-0.05, 0) is 31.0 Å². The Kier molecular flexibility index (Phi) is 7.52. The zero-order valence-corrected chi connectivity index (χ0v) is 22.1. The Labute approximate surface area is 229 Å². The number of hydrogen-bond acceptors (Lipinski definition) is 6. The summed E-state index contributed by atoms with van der Waals surface area (Å²) in [6.07, 6.45) is -3.45. The van der Waals surface area contributed by atoms with Gasteiger partial charge < -0.3 is 9.74 Å². The fraction of sp³-hybridized carbons (Fsp3) is 0.360. The van der Waals surface area contributed by atoms with E-state index in [9.17, 15) is 22.8 Å². The summed E-state index contributed by atoms with van der Waals surface area (Å²) in [4.78, 5) is 36.6. The summed E-state index contributed by atoms with van der Waals surface area (Å²) in [7, 11) is 0. The standard InChI is InChI=1S/C25H21Cl2F3N4O3S/c26-15-3-1-4-16(27)23(15)19-11-17(32-37-19)18-13-38-24(31-18)14-7-9-33(10-8-14)22(36)12-34-20(25(28,29)30)5-2-6-21(34)35/h1-6,13-14,19H,7-12H2. The number of alkyl halides is 3. The van der Waals surface area contributed by atoms with Gasteiger partial charge in [-0.3, -0.25) is 14.2 Å². The Morgan fingerprint density at radius 3 is 2.47 bits per heavy atom. The third kappa shape index (κ3) is 5.45. The summed E-state index contributed by atoms with van der Waals surface area (Å²) in [6.45, 7) is 0.0635. The van der Waals surface area contributed by atoms with Crippen molar-refractivity contribution >= 4 is 46.2 Å². The summed E-state index contributed by atoms with van der Waals surface area (Å²) in [5.74, 6) is -0.427. The lowest BCUT2D eigenvalue weighted by molar-refractivity contribution is -0.145. The van der Waals surface area contributed by atoms with Crippen molar-refractivity contribution in [2.24, 2.45) is 5.16 Å². The summed E-state index contributed by atoms with van der Waals surface area (Å²) in [6, 6.07) is 8.10. The predicted octanol–water partition coefficient (Wildman–Crippen LogP) is 5.90. The van der Waals surface area contributed by atoms with Crippen LogP contribution in [0.25, 0.3) is 0 Å². The molecule has 0 aliphatic carbocycles.